The molecular weight excluding hydrogens is 323 g/mol. The molecule has 1 heterocycles. The number of guanidine groups is 1. The summed E-state index contributed by atoms with van der Waals surface area (Å²) in [6.07, 6.45) is 0. The van der Waals surface area contributed by atoms with Crippen LogP contribution in [0.15, 0.2) is 53.5 Å². The Morgan fingerprint density at radius 1 is 1.14 bits per heavy atom. The summed E-state index contributed by atoms with van der Waals surface area (Å²) in [5, 5.41) is 15.4. The van der Waals surface area contributed by atoms with E-state index in [1.807, 2.05) is 35.3 Å². The fraction of sp³-hybridized carbons (Fsp3) is 0.133. The SMILES string of the molecule is Cl.Oc1cccc(N(NC2=NCCN2)c2ccc(Cl)cc2)c1. The van der Waals surface area contributed by atoms with Crippen molar-refractivity contribution in [3.8, 4) is 5.75 Å². The molecule has 5 nitrogen and oxygen atoms in total. The van der Waals surface area contributed by atoms with Crippen molar-refractivity contribution in [1.82, 2.24) is 10.7 Å². The van der Waals surface area contributed by atoms with Gasteiger partial charge in [-0.25, -0.2) is 0 Å². The number of hydrazine groups is 1. The minimum Gasteiger partial charge on any atom is -0.508 e. The van der Waals surface area contributed by atoms with E-state index >= 15 is 0 Å². The van der Waals surface area contributed by atoms with E-state index in [1.165, 1.54) is 0 Å². The fourth-order valence-corrected chi connectivity index (χ4v) is 2.21. The van der Waals surface area contributed by atoms with Crippen LogP contribution in [0.4, 0.5) is 11.4 Å². The number of hydrogen-bond acceptors (Lipinski definition) is 5. The molecule has 3 N–H and O–H groups in total. The molecule has 0 fully saturated rings. The third-order valence-electron chi connectivity index (χ3n) is 3.06. The van der Waals surface area contributed by atoms with Gasteiger partial charge in [0.05, 0.1) is 17.9 Å². The smallest absolute Gasteiger partial charge is 0.210 e. The van der Waals surface area contributed by atoms with Crippen LogP contribution in [0.25, 0.3) is 0 Å². The van der Waals surface area contributed by atoms with Crippen molar-refractivity contribution >= 4 is 41.3 Å². The van der Waals surface area contributed by atoms with Gasteiger partial charge in [-0.1, -0.05) is 17.7 Å². The number of nitrogens with zero attached hydrogens (tertiary/aromatic N) is 2. The highest BCUT2D eigenvalue weighted by molar-refractivity contribution is 6.30. The van der Waals surface area contributed by atoms with E-state index in [-0.39, 0.29) is 18.2 Å². The Hall–Kier alpha value is -2.11. The molecule has 0 aliphatic carbocycles. The zero-order chi connectivity index (χ0) is 14.7. The predicted molar refractivity (Wildman–Crippen MR) is 92.4 cm³/mol. The van der Waals surface area contributed by atoms with Crippen LogP contribution in [0.1, 0.15) is 0 Å². The molecule has 0 radical (unpaired) electrons. The average Bonchev–Trinajstić information content (AvgIpc) is 2.99. The largest absolute Gasteiger partial charge is 0.508 e. The van der Waals surface area contributed by atoms with E-state index < -0.39 is 0 Å². The molecule has 22 heavy (non-hydrogen) atoms. The van der Waals surface area contributed by atoms with Gasteiger partial charge in [0, 0.05) is 17.6 Å². The van der Waals surface area contributed by atoms with Crippen molar-refractivity contribution in [2.45, 2.75) is 0 Å². The lowest BCUT2D eigenvalue weighted by Crippen LogP contribution is -2.44. The van der Waals surface area contributed by atoms with Gasteiger partial charge in [-0.3, -0.25) is 15.4 Å². The molecule has 0 saturated carbocycles. The first kappa shape index (κ1) is 16.3. The number of phenols is 1. The Labute approximate surface area is 140 Å². The van der Waals surface area contributed by atoms with Crippen molar-refractivity contribution in [2.24, 2.45) is 4.99 Å². The highest BCUT2D eigenvalue weighted by Gasteiger charge is 2.14. The van der Waals surface area contributed by atoms with E-state index in [2.05, 4.69) is 15.7 Å². The zero-order valence-corrected chi connectivity index (χ0v) is 13.2. The first-order valence-corrected chi connectivity index (χ1v) is 7.00. The second-order valence-corrected chi connectivity index (χ2v) is 5.04. The first-order chi connectivity index (χ1) is 10.2. The Balaban J connectivity index is 0.00000176. The fourth-order valence-electron chi connectivity index (χ4n) is 2.08. The zero-order valence-electron chi connectivity index (χ0n) is 11.7. The molecule has 0 saturated heterocycles. The summed E-state index contributed by atoms with van der Waals surface area (Å²) in [5.74, 6) is 0.905. The van der Waals surface area contributed by atoms with E-state index in [9.17, 15) is 5.11 Å². The molecule has 0 atom stereocenters. The van der Waals surface area contributed by atoms with Crippen LogP contribution >= 0.6 is 24.0 Å². The van der Waals surface area contributed by atoms with E-state index in [1.54, 1.807) is 18.2 Å². The Kier molecular flexibility index (Phi) is 5.35. The van der Waals surface area contributed by atoms with Crippen LogP contribution in [0.2, 0.25) is 5.02 Å². The highest BCUT2D eigenvalue weighted by atomic mass is 35.5. The second-order valence-electron chi connectivity index (χ2n) is 4.60. The quantitative estimate of drug-likeness (QED) is 0.752. The summed E-state index contributed by atoms with van der Waals surface area (Å²) in [6.45, 7) is 1.56. The number of phenolic OH excluding ortho intramolecular Hbond substituents is 1. The highest BCUT2D eigenvalue weighted by Crippen LogP contribution is 2.27. The summed E-state index contributed by atoms with van der Waals surface area (Å²) in [6, 6.07) is 14.4. The van der Waals surface area contributed by atoms with Crippen LogP contribution in [-0.2, 0) is 0 Å². The number of anilines is 2. The van der Waals surface area contributed by atoms with Gasteiger partial charge >= 0.3 is 0 Å². The van der Waals surface area contributed by atoms with Gasteiger partial charge in [-0.05, 0) is 36.4 Å². The first-order valence-electron chi connectivity index (χ1n) is 6.62. The lowest BCUT2D eigenvalue weighted by molar-refractivity contribution is 0.475. The van der Waals surface area contributed by atoms with Crippen LogP contribution in [0, 0.1) is 0 Å². The lowest BCUT2D eigenvalue weighted by atomic mass is 10.2. The van der Waals surface area contributed by atoms with E-state index in [0.29, 0.717) is 11.0 Å². The predicted octanol–water partition coefficient (Wildman–Crippen LogP) is 3.07. The molecule has 2 aromatic carbocycles. The standard InChI is InChI=1S/C15H15ClN4O.ClH/c16-11-4-6-12(7-5-11)20(19-15-17-8-9-18-15)13-2-1-3-14(21)10-13;/h1-7,10,21H,8-9H2,(H2,17,18,19);1H. The van der Waals surface area contributed by atoms with Crippen molar-refractivity contribution in [3.05, 3.63) is 53.6 Å². The van der Waals surface area contributed by atoms with Gasteiger partial charge in [0.1, 0.15) is 5.75 Å². The van der Waals surface area contributed by atoms with E-state index in [0.717, 1.165) is 24.5 Å². The molecule has 116 valence electrons. The summed E-state index contributed by atoms with van der Waals surface area (Å²) in [5.41, 5.74) is 4.90. The number of rotatable bonds is 3. The number of nitrogens with one attached hydrogen (secondary N) is 2. The number of benzene rings is 2. The molecule has 1 aliphatic heterocycles. The maximum atomic E-state index is 9.69. The Morgan fingerprint density at radius 3 is 2.55 bits per heavy atom. The van der Waals surface area contributed by atoms with Gasteiger partial charge in [-0.15, -0.1) is 12.4 Å². The van der Waals surface area contributed by atoms with Crippen LogP contribution < -0.4 is 15.8 Å². The Morgan fingerprint density at radius 2 is 1.91 bits per heavy atom. The summed E-state index contributed by atoms with van der Waals surface area (Å²) in [7, 11) is 0. The minimum absolute atomic E-state index is 0. The maximum absolute atomic E-state index is 9.69. The molecule has 0 bridgehead atoms. The molecule has 0 amide bonds. The second kappa shape index (κ2) is 7.24. The van der Waals surface area contributed by atoms with Gasteiger partial charge in [0.15, 0.2) is 0 Å². The molecule has 0 aromatic heterocycles. The van der Waals surface area contributed by atoms with Gasteiger partial charge in [-0.2, -0.15) is 0 Å². The third kappa shape index (κ3) is 3.75. The minimum atomic E-state index is 0. The van der Waals surface area contributed by atoms with Crippen LogP contribution in [0.3, 0.4) is 0 Å². The van der Waals surface area contributed by atoms with Crippen LogP contribution in [-0.4, -0.2) is 24.2 Å². The normalized spacial score (nSPS) is 12.9. The molecule has 3 rings (SSSR count). The number of aromatic hydroxyl groups is 1. The lowest BCUT2D eigenvalue weighted by Gasteiger charge is -2.26. The third-order valence-corrected chi connectivity index (χ3v) is 3.32. The molecule has 0 unspecified atom stereocenters. The summed E-state index contributed by atoms with van der Waals surface area (Å²) < 4.78 is 0. The summed E-state index contributed by atoms with van der Waals surface area (Å²) in [4.78, 5) is 4.33. The molecule has 2 aromatic rings. The van der Waals surface area contributed by atoms with Gasteiger partial charge < -0.3 is 10.4 Å². The molecule has 7 heteroatoms. The molecule has 1 aliphatic rings. The Bertz CT molecular complexity index is 661. The van der Waals surface area contributed by atoms with Gasteiger partial charge in [0.2, 0.25) is 5.96 Å². The molecular formula is C15H16Cl2N4O. The van der Waals surface area contributed by atoms with Gasteiger partial charge in [0.25, 0.3) is 0 Å². The van der Waals surface area contributed by atoms with Crippen LogP contribution in [0.5, 0.6) is 5.75 Å². The number of hydrogen-bond donors (Lipinski definition) is 3. The van der Waals surface area contributed by atoms with Crippen molar-refractivity contribution < 1.29 is 5.11 Å². The van der Waals surface area contributed by atoms with E-state index in [4.69, 9.17) is 11.6 Å². The number of halogens is 2. The molecule has 0 spiro atoms. The average molecular weight is 339 g/mol. The monoisotopic (exact) mass is 338 g/mol. The van der Waals surface area contributed by atoms with Crippen molar-refractivity contribution in [2.75, 3.05) is 18.1 Å². The van der Waals surface area contributed by atoms with Crippen molar-refractivity contribution in [3.63, 3.8) is 0 Å². The maximum Gasteiger partial charge on any atom is 0.210 e. The topological polar surface area (TPSA) is 59.9 Å². The van der Waals surface area contributed by atoms with Crippen molar-refractivity contribution in [1.29, 1.82) is 0 Å². The summed E-state index contributed by atoms with van der Waals surface area (Å²) >= 11 is 5.94. The number of aliphatic imine (C=N–C) groups is 1.